The van der Waals surface area contributed by atoms with Gasteiger partial charge in [-0.15, -0.1) is 0 Å². The van der Waals surface area contributed by atoms with Gasteiger partial charge in [-0.25, -0.2) is 4.79 Å². The molecule has 88 valence electrons. The van der Waals surface area contributed by atoms with Gasteiger partial charge >= 0.3 is 5.97 Å². The Bertz CT molecular complexity index is 491. The number of rotatable bonds is 3. The van der Waals surface area contributed by atoms with E-state index in [0.29, 0.717) is 18.4 Å². The van der Waals surface area contributed by atoms with Gasteiger partial charge in [0.2, 0.25) is 6.41 Å². The molecule has 0 heterocycles. The second-order valence-electron chi connectivity index (χ2n) is 3.93. The van der Waals surface area contributed by atoms with E-state index in [1.165, 1.54) is 0 Å². The maximum Gasteiger partial charge on any atom is 0.352 e. The average Bonchev–Trinajstić information content (AvgIpc) is 2.35. The third-order valence-corrected chi connectivity index (χ3v) is 2.93. The molecule has 1 aromatic rings. The number of fused-ring (bicyclic) bond motifs is 1. The normalized spacial score (nSPS) is 16.9. The first kappa shape index (κ1) is 11.4. The maximum absolute atomic E-state index is 11.1. The lowest BCUT2D eigenvalue weighted by atomic mass is 9.86. The molecule has 0 bridgehead atoms. The third-order valence-electron chi connectivity index (χ3n) is 2.93. The summed E-state index contributed by atoms with van der Waals surface area (Å²) in [6.45, 7) is 0. The van der Waals surface area contributed by atoms with Gasteiger partial charge in [-0.3, -0.25) is 4.79 Å². The number of hydrogen-bond donors (Lipinski definition) is 2. The predicted molar refractivity (Wildman–Crippen MR) is 63.1 cm³/mol. The van der Waals surface area contributed by atoms with E-state index in [2.05, 4.69) is 5.32 Å². The lowest BCUT2D eigenvalue weighted by Gasteiger charge is -2.20. The number of carboxylic acids is 1. The Labute approximate surface area is 99.0 Å². The molecule has 0 radical (unpaired) electrons. The highest BCUT2D eigenvalue weighted by atomic mass is 16.4. The van der Waals surface area contributed by atoms with E-state index in [4.69, 9.17) is 5.11 Å². The van der Waals surface area contributed by atoms with Crippen LogP contribution in [-0.2, 0) is 16.0 Å². The maximum atomic E-state index is 11.1. The molecule has 0 saturated heterocycles. The minimum Gasteiger partial charge on any atom is -0.477 e. The molecule has 0 atom stereocenters. The van der Waals surface area contributed by atoms with Crippen LogP contribution in [0.2, 0.25) is 0 Å². The highest BCUT2D eigenvalue weighted by Crippen LogP contribution is 2.32. The highest BCUT2D eigenvalue weighted by molar-refractivity contribution is 5.98. The van der Waals surface area contributed by atoms with Crippen molar-refractivity contribution < 1.29 is 14.7 Å². The molecule has 0 saturated carbocycles. The van der Waals surface area contributed by atoms with E-state index in [9.17, 15) is 9.59 Å². The summed E-state index contributed by atoms with van der Waals surface area (Å²) in [6.07, 6.45) is 2.95. The first-order valence-electron chi connectivity index (χ1n) is 5.49. The zero-order chi connectivity index (χ0) is 12.3. The van der Waals surface area contributed by atoms with Crippen molar-refractivity contribution in [3.63, 3.8) is 0 Å². The molecule has 1 aromatic carbocycles. The molecule has 0 aliphatic heterocycles. The Morgan fingerprint density at radius 2 is 2.06 bits per heavy atom. The summed E-state index contributed by atoms with van der Waals surface area (Å²) >= 11 is 0. The van der Waals surface area contributed by atoms with Crippen LogP contribution in [0.4, 0.5) is 0 Å². The summed E-state index contributed by atoms with van der Waals surface area (Å²) in [5.41, 5.74) is 2.78. The number of aliphatic carboxylic acids is 1. The quantitative estimate of drug-likeness (QED) is 0.613. The largest absolute Gasteiger partial charge is 0.477 e. The van der Waals surface area contributed by atoms with Crippen molar-refractivity contribution >= 4 is 18.0 Å². The molecule has 0 unspecified atom stereocenters. The third kappa shape index (κ3) is 2.20. The Hall–Kier alpha value is -2.10. The summed E-state index contributed by atoms with van der Waals surface area (Å²) in [5.74, 6) is -1.09. The molecule has 2 rings (SSSR count). The van der Waals surface area contributed by atoms with Gasteiger partial charge in [-0.2, -0.15) is 0 Å². The molecule has 4 heteroatoms. The van der Waals surface area contributed by atoms with Crippen LogP contribution in [-0.4, -0.2) is 17.5 Å². The topological polar surface area (TPSA) is 66.4 Å². The fourth-order valence-electron chi connectivity index (χ4n) is 2.22. The first-order valence-corrected chi connectivity index (χ1v) is 5.49. The Kier molecular flexibility index (Phi) is 3.23. The van der Waals surface area contributed by atoms with Gasteiger partial charge in [0, 0.05) is 0 Å². The fourth-order valence-corrected chi connectivity index (χ4v) is 2.22. The van der Waals surface area contributed by atoms with Crippen molar-refractivity contribution in [2.75, 3.05) is 0 Å². The van der Waals surface area contributed by atoms with Crippen molar-refractivity contribution in [2.45, 2.75) is 19.3 Å². The predicted octanol–water partition coefficient (Wildman–Crippen LogP) is 1.56. The van der Waals surface area contributed by atoms with Gasteiger partial charge in [-0.05, 0) is 36.0 Å². The van der Waals surface area contributed by atoms with Crippen molar-refractivity contribution in [3.05, 3.63) is 41.1 Å². The summed E-state index contributed by atoms with van der Waals surface area (Å²) in [5, 5.41) is 11.4. The Morgan fingerprint density at radius 1 is 1.29 bits per heavy atom. The molecule has 0 spiro atoms. The molecule has 0 aromatic heterocycles. The number of aryl methyl sites for hydroxylation is 1. The van der Waals surface area contributed by atoms with E-state index < -0.39 is 5.97 Å². The van der Waals surface area contributed by atoms with E-state index >= 15 is 0 Å². The van der Waals surface area contributed by atoms with Crippen molar-refractivity contribution in [1.82, 2.24) is 5.32 Å². The SMILES string of the molecule is O=CNC(C(=O)O)=C1CCCc2ccccc21. The van der Waals surface area contributed by atoms with Gasteiger partial charge in [0.15, 0.2) is 0 Å². The monoisotopic (exact) mass is 231 g/mol. The Balaban J connectivity index is 2.55. The van der Waals surface area contributed by atoms with E-state index in [0.717, 1.165) is 24.0 Å². The number of hydrogen-bond acceptors (Lipinski definition) is 2. The minimum absolute atomic E-state index is 0.00727. The number of nitrogens with one attached hydrogen (secondary N) is 1. The van der Waals surface area contributed by atoms with Crippen LogP contribution in [0.3, 0.4) is 0 Å². The van der Waals surface area contributed by atoms with Gasteiger partial charge in [0.05, 0.1) is 0 Å². The second kappa shape index (κ2) is 4.82. The number of carboxylic acid groups (broad SMARTS) is 1. The summed E-state index contributed by atoms with van der Waals surface area (Å²) in [6, 6.07) is 7.72. The van der Waals surface area contributed by atoms with Crippen molar-refractivity contribution in [3.8, 4) is 0 Å². The van der Waals surface area contributed by atoms with Crippen molar-refractivity contribution in [2.24, 2.45) is 0 Å². The van der Waals surface area contributed by atoms with Crippen LogP contribution in [0.15, 0.2) is 30.0 Å². The van der Waals surface area contributed by atoms with Gasteiger partial charge in [-0.1, -0.05) is 24.3 Å². The zero-order valence-electron chi connectivity index (χ0n) is 9.27. The molecule has 1 aliphatic carbocycles. The lowest BCUT2D eigenvalue weighted by molar-refractivity contribution is -0.133. The van der Waals surface area contributed by atoms with E-state index in [-0.39, 0.29) is 5.70 Å². The average molecular weight is 231 g/mol. The number of carbonyl (C=O) groups is 2. The van der Waals surface area contributed by atoms with Gasteiger partial charge < -0.3 is 10.4 Å². The van der Waals surface area contributed by atoms with Crippen LogP contribution in [0, 0.1) is 0 Å². The number of amides is 1. The molecular weight excluding hydrogens is 218 g/mol. The second-order valence-corrected chi connectivity index (χ2v) is 3.93. The Morgan fingerprint density at radius 3 is 2.76 bits per heavy atom. The van der Waals surface area contributed by atoms with Gasteiger partial charge in [0.25, 0.3) is 0 Å². The van der Waals surface area contributed by atoms with Crippen LogP contribution in [0.25, 0.3) is 5.57 Å². The summed E-state index contributed by atoms with van der Waals surface area (Å²) in [7, 11) is 0. The van der Waals surface area contributed by atoms with Crippen LogP contribution in [0.1, 0.15) is 24.0 Å². The highest BCUT2D eigenvalue weighted by Gasteiger charge is 2.20. The molecular formula is C13H13NO3. The van der Waals surface area contributed by atoms with Gasteiger partial charge in [0.1, 0.15) is 5.70 Å². The molecule has 2 N–H and O–H groups in total. The number of carbonyl (C=O) groups excluding carboxylic acids is 1. The fraction of sp³-hybridized carbons (Fsp3) is 0.231. The minimum atomic E-state index is -1.09. The molecule has 17 heavy (non-hydrogen) atoms. The van der Waals surface area contributed by atoms with Crippen LogP contribution in [0.5, 0.6) is 0 Å². The van der Waals surface area contributed by atoms with Crippen LogP contribution < -0.4 is 5.32 Å². The smallest absolute Gasteiger partial charge is 0.352 e. The molecule has 1 amide bonds. The van der Waals surface area contributed by atoms with E-state index in [1.54, 1.807) is 0 Å². The molecule has 4 nitrogen and oxygen atoms in total. The summed E-state index contributed by atoms with van der Waals surface area (Å²) in [4.78, 5) is 21.6. The van der Waals surface area contributed by atoms with Crippen molar-refractivity contribution in [1.29, 1.82) is 0 Å². The number of benzene rings is 1. The lowest BCUT2D eigenvalue weighted by Crippen LogP contribution is -2.21. The first-order chi connectivity index (χ1) is 8.24. The standard InChI is InChI=1S/C13H13NO3/c15-8-14-12(13(16)17)11-7-3-5-9-4-1-2-6-10(9)11/h1-2,4,6,8H,3,5,7H2,(H,14,15)(H,16,17). The van der Waals surface area contributed by atoms with E-state index in [1.807, 2.05) is 24.3 Å². The van der Waals surface area contributed by atoms with Crippen LogP contribution >= 0.6 is 0 Å². The zero-order valence-corrected chi connectivity index (χ0v) is 9.27. The molecule has 1 aliphatic rings. The number of allylic oxidation sites excluding steroid dienone is 1. The summed E-state index contributed by atoms with van der Waals surface area (Å²) < 4.78 is 0. The molecule has 0 fully saturated rings.